The zero-order chi connectivity index (χ0) is 20.4. The van der Waals surface area contributed by atoms with Crippen molar-refractivity contribution in [3.8, 4) is 0 Å². The molecule has 3 aliphatic rings. The van der Waals surface area contributed by atoms with Crippen LogP contribution in [-0.2, 0) is 16.0 Å². The van der Waals surface area contributed by atoms with Crippen LogP contribution >= 0.6 is 0 Å². The van der Waals surface area contributed by atoms with Crippen molar-refractivity contribution >= 4 is 17.8 Å². The van der Waals surface area contributed by atoms with Crippen molar-refractivity contribution in [3.05, 3.63) is 47.8 Å². The molecule has 2 N–H and O–H groups in total. The number of nitrogens with one attached hydrogen (secondary N) is 2. The van der Waals surface area contributed by atoms with E-state index in [-0.39, 0.29) is 41.3 Å². The molecule has 29 heavy (non-hydrogen) atoms. The fourth-order valence-corrected chi connectivity index (χ4v) is 4.80. The predicted molar refractivity (Wildman–Crippen MR) is 109 cm³/mol. The van der Waals surface area contributed by atoms with Crippen LogP contribution in [0.1, 0.15) is 18.9 Å². The maximum absolute atomic E-state index is 13.3. The zero-order valence-corrected chi connectivity index (χ0v) is 16.6. The Hall–Kier alpha value is -2.70. The molecule has 1 aliphatic heterocycles. The summed E-state index contributed by atoms with van der Waals surface area (Å²) in [5, 5.41) is 6.35. The number of nitrogens with zero attached hydrogens (tertiary/aromatic N) is 2. The minimum Gasteiger partial charge on any atom is -0.357 e. The van der Waals surface area contributed by atoms with Crippen LogP contribution in [0.2, 0.25) is 0 Å². The van der Waals surface area contributed by atoms with Crippen LogP contribution in [0.3, 0.4) is 0 Å². The number of hydrogen-bond acceptors (Lipinski definition) is 3. The SMILES string of the molecule is CCNC(=NCCc1cccc(F)c1)NCCN1C(=O)C2C3C=CC(C3)C2C1=O. The fraction of sp³-hybridized carbons (Fsp3) is 0.500. The van der Waals surface area contributed by atoms with Gasteiger partial charge in [0, 0.05) is 26.2 Å². The molecule has 0 aromatic heterocycles. The van der Waals surface area contributed by atoms with E-state index in [1.165, 1.54) is 17.0 Å². The Morgan fingerprint density at radius 1 is 1.17 bits per heavy atom. The van der Waals surface area contributed by atoms with Crippen molar-refractivity contribution in [1.29, 1.82) is 0 Å². The molecule has 1 aromatic rings. The third kappa shape index (κ3) is 3.91. The molecule has 0 spiro atoms. The normalized spacial score (nSPS) is 27.7. The molecule has 4 unspecified atom stereocenters. The molecular formula is C22H27FN4O2. The van der Waals surface area contributed by atoms with Gasteiger partial charge in [-0.05, 0) is 49.3 Å². The van der Waals surface area contributed by atoms with Gasteiger partial charge in [0.2, 0.25) is 11.8 Å². The smallest absolute Gasteiger partial charge is 0.233 e. The number of carbonyl (C=O) groups is 2. The molecule has 2 aliphatic carbocycles. The molecule has 2 fully saturated rings. The monoisotopic (exact) mass is 398 g/mol. The maximum Gasteiger partial charge on any atom is 0.233 e. The van der Waals surface area contributed by atoms with Crippen molar-refractivity contribution in [3.63, 3.8) is 0 Å². The van der Waals surface area contributed by atoms with E-state index >= 15 is 0 Å². The number of benzene rings is 1. The summed E-state index contributed by atoms with van der Waals surface area (Å²) in [6, 6.07) is 6.51. The number of fused-ring (bicyclic) bond motifs is 5. The number of halogens is 1. The highest BCUT2D eigenvalue weighted by molar-refractivity contribution is 6.06. The summed E-state index contributed by atoms with van der Waals surface area (Å²) in [5.74, 6) is 0.520. The van der Waals surface area contributed by atoms with Gasteiger partial charge in [0.05, 0.1) is 11.8 Å². The Labute approximate surface area is 170 Å². The second-order valence-corrected chi connectivity index (χ2v) is 7.90. The van der Waals surface area contributed by atoms with Gasteiger partial charge in [-0.3, -0.25) is 19.5 Å². The molecule has 2 amide bonds. The second kappa shape index (κ2) is 8.35. The van der Waals surface area contributed by atoms with Crippen molar-refractivity contribution in [2.24, 2.45) is 28.7 Å². The van der Waals surface area contributed by atoms with Crippen molar-refractivity contribution in [2.75, 3.05) is 26.2 Å². The van der Waals surface area contributed by atoms with Gasteiger partial charge >= 0.3 is 0 Å². The molecule has 4 atom stereocenters. The average molecular weight is 398 g/mol. The Bertz CT molecular complexity index is 823. The van der Waals surface area contributed by atoms with Crippen LogP contribution in [0.4, 0.5) is 4.39 Å². The van der Waals surface area contributed by atoms with E-state index in [1.807, 2.05) is 13.0 Å². The number of likely N-dealkylation sites (tertiary alicyclic amines) is 1. The lowest BCUT2D eigenvalue weighted by atomic mass is 9.85. The van der Waals surface area contributed by atoms with E-state index in [0.29, 0.717) is 38.6 Å². The Balaban J connectivity index is 1.29. The van der Waals surface area contributed by atoms with Crippen LogP contribution in [0.5, 0.6) is 0 Å². The first-order valence-electron chi connectivity index (χ1n) is 10.4. The number of rotatable bonds is 7. The summed E-state index contributed by atoms with van der Waals surface area (Å²) >= 11 is 0. The first-order valence-corrected chi connectivity index (χ1v) is 10.4. The van der Waals surface area contributed by atoms with Gasteiger partial charge in [-0.2, -0.15) is 0 Å². The van der Waals surface area contributed by atoms with E-state index in [2.05, 4.69) is 27.8 Å². The van der Waals surface area contributed by atoms with Gasteiger partial charge < -0.3 is 10.6 Å². The van der Waals surface area contributed by atoms with Gasteiger partial charge in [-0.1, -0.05) is 24.3 Å². The van der Waals surface area contributed by atoms with E-state index in [0.717, 1.165) is 12.0 Å². The third-order valence-electron chi connectivity index (χ3n) is 6.09. The van der Waals surface area contributed by atoms with E-state index in [9.17, 15) is 14.0 Å². The number of carbonyl (C=O) groups excluding carboxylic acids is 2. The molecule has 1 heterocycles. The van der Waals surface area contributed by atoms with Crippen LogP contribution in [-0.4, -0.2) is 48.9 Å². The minimum absolute atomic E-state index is 0.0216. The summed E-state index contributed by atoms with van der Waals surface area (Å²) in [4.78, 5) is 31.4. The van der Waals surface area contributed by atoms with Crippen molar-refractivity contribution < 1.29 is 14.0 Å². The number of guanidine groups is 1. The molecule has 0 radical (unpaired) electrons. The number of hydrogen-bond donors (Lipinski definition) is 2. The van der Waals surface area contributed by atoms with Crippen LogP contribution in [0.15, 0.2) is 41.4 Å². The molecule has 1 saturated heterocycles. The molecular weight excluding hydrogens is 371 g/mol. The topological polar surface area (TPSA) is 73.8 Å². The summed E-state index contributed by atoms with van der Waals surface area (Å²) < 4.78 is 13.3. The molecule has 6 nitrogen and oxygen atoms in total. The second-order valence-electron chi connectivity index (χ2n) is 7.90. The first kappa shape index (κ1) is 19.6. The predicted octanol–water partition coefficient (Wildman–Crippen LogP) is 1.73. The summed E-state index contributed by atoms with van der Waals surface area (Å²) in [5.41, 5.74) is 0.896. The summed E-state index contributed by atoms with van der Waals surface area (Å²) in [6.07, 6.45) is 5.79. The quantitative estimate of drug-likeness (QED) is 0.318. The van der Waals surface area contributed by atoms with Gasteiger partial charge in [-0.15, -0.1) is 0 Å². The Morgan fingerprint density at radius 3 is 2.55 bits per heavy atom. The largest absolute Gasteiger partial charge is 0.357 e. The fourth-order valence-electron chi connectivity index (χ4n) is 4.80. The first-order chi connectivity index (χ1) is 14.1. The molecule has 1 saturated carbocycles. The molecule has 7 heteroatoms. The minimum atomic E-state index is -0.245. The number of aliphatic imine (C=N–C) groups is 1. The third-order valence-corrected chi connectivity index (χ3v) is 6.09. The Kier molecular flexibility index (Phi) is 5.65. The average Bonchev–Trinajstić information content (AvgIpc) is 3.37. The zero-order valence-electron chi connectivity index (χ0n) is 16.6. The summed E-state index contributed by atoms with van der Waals surface area (Å²) in [6.45, 7) is 3.98. The summed E-state index contributed by atoms with van der Waals surface area (Å²) in [7, 11) is 0. The van der Waals surface area contributed by atoms with E-state index < -0.39 is 0 Å². The van der Waals surface area contributed by atoms with Gasteiger partial charge in [0.1, 0.15) is 5.82 Å². The number of amides is 2. The number of allylic oxidation sites excluding steroid dienone is 2. The van der Waals surface area contributed by atoms with E-state index in [1.54, 1.807) is 6.07 Å². The van der Waals surface area contributed by atoms with Crippen molar-refractivity contribution in [2.45, 2.75) is 19.8 Å². The maximum atomic E-state index is 13.3. The number of imide groups is 1. The van der Waals surface area contributed by atoms with Gasteiger partial charge in [0.25, 0.3) is 0 Å². The van der Waals surface area contributed by atoms with Crippen LogP contribution in [0, 0.1) is 29.5 Å². The highest BCUT2D eigenvalue weighted by atomic mass is 19.1. The molecule has 4 rings (SSSR count). The van der Waals surface area contributed by atoms with Crippen LogP contribution in [0.25, 0.3) is 0 Å². The van der Waals surface area contributed by atoms with Crippen molar-refractivity contribution in [1.82, 2.24) is 15.5 Å². The Morgan fingerprint density at radius 2 is 1.90 bits per heavy atom. The molecule has 154 valence electrons. The highest BCUT2D eigenvalue weighted by Gasteiger charge is 2.58. The van der Waals surface area contributed by atoms with Crippen LogP contribution < -0.4 is 10.6 Å². The lowest BCUT2D eigenvalue weighted by Gasteiger charge is -2.18. The van der Waals surface area contributed by atoms with E-state index in [4.69, 9.17) is 0 Å². The molecule has 2 bridgehead atoms. The molecule has 1 aromatic carbocycles. The highest BCUT2D eigenvalue weighted by Crippen LogP contribution is 2.52. The standard InChI is InChI=1S/C22H27FN4O2/c1-2-24-22(25-9-8-14-4-3-5-17(23)12-14)26-10-11-27-20(28)18-15-6-7-16(13-15)19(18)21(27)29/h3-7,12,15-16,18-19H,2,8-11,13H2,1H3,(H2,24,25,26). The van der Waals surface area contributed by atoms with Gasteiger partial charge in [-0.25, -0.2) is 4.39 Å². The lowest BCUT2D eigenvalue weighted by Crippen LogP contribution is -2.43. The lowest BCUT2D eigenvalue weighted by molar-refractivity contribution is -0.140. The van der Waals surface area contributed by atoms with Gasteiger partial charge in [0.15, 0.2) is 5.96 Å².